The van der Waals surface area contributed by atoms with Crippen LogP contribution in [0.25, 0.3) is 0 Å². The highest BCUT2D eigenvalue weighted by Gasteiger charge is 2.16. The minimum absolute atomic E-state index is 0.0602. The van der Waals surface area contributed by atoms with Crippen molar-refractivity contribution in [3.05, 3.63) is 70.0 Å². The van der Waals surface area contributed by atoms with Gasteiger partial charge >= 0.3 is 11.9 Å². The molecule has 0 fully saturated rings. The third kappa shape index (κ3) is 5.08. The fourth-order valence-corrected chi connectivity index (χ4v) is 2.86. The standard InChI is InChI=1S/C22H23NO7/c1-13-20(15(3)30-23-13)12-27-17-7-5-16(6-8-17)9-21(24)28-11-18-10-19(14(2)29-18)22(25)26-4/h5-8,10H,9,11-12H2,1-4H3. The van der Waals surface area contributed by atoms with Gasteiger partial charge in [0.05, 0.1) is 24.8 Å². The second-order valence-electron chi connectivity index (χ2n) is 6.75. The zero-order valence-corrected chi connectivity index (χ0v) is 17.3. The first kappa shape index (κ1) is 21.2. The van der Waals surface area contributed by atoms with Crippen LogP contribution >= 0.6 is 0 Å². The van der Waals surface area contributed by atoms with E-state index < -0.39 is 11.9 Å². The van der Waals surface area contributed by atoms with Crippen LogP contribution in [0.2, 0.25) is 0 Å². The number of esters is 2. The summed E-state index contributed by atoms with van der Waals surface area (Å²) < 4.78 is 26.2. The van der Waals surface area contributed by atoms with E-state index in [4.69, 9.17) is 18.4 Å². The van der Waals surface area contributed by atoms with Gasteiger partial charge in [0.1, 0.15) is 41.8 Å². The van der Waals surface area contributed by atoms with Crippen LogP contribution in [-0.4, -0.2) is 24.2 Å². The lowest BCUT2D eigenvalue weighted by Crippen LogP contribution is -2.07. The van der Waals surface area contributed by atoms with Crippen molar-refractivity contribution in [2.24, 2.45) is 0 Å². The van der Waals surface area contributed by atoms with E-state index in [9.17, 15) is 9.59 Å². The van der Waals surface area contributed by atoms with Gasteiger partial charge in [0.2, 0.25) is 0 Å². The van der Waals surface area contributed by atoms with Gasteiger partial charge in [0.25, 0.3) is 0 Å². The van der Waals surface area contributed by atoms with E-state index in [0.29, 0.717) is 29.4 Å². The molecule has 8 heteroatoms. The van der Waals surface area contributed by atoms with E-state index >= 15 is 0 Å². The summed E-state index contributed by atoms with van der Waals surface area (Å²) in [5, 5.41) is 3.90. The van der Waals surface area contributed by atoms with Gasteiger partial charge in [-0.05, 0) is 44.5 Å². The largest absolute Gasteiger partial charge is 0.489 e. The number of hydrogen-bond acceptors (Lipinski definition) is 8. The smallest absolute Gasteiger partial charge is 0.341 e. The second kappa shape index (κ2) is 9.30. The number of aryl methyl sites for hydroxylation is 3. The first-order valence-electron chi connectivity index (χ1n) is 9.34. The molecule has 3 aromatic rings. The van der Waals surface area contributed by atoms with E-state index in [1.165, 1.54) is 13.2 Å². The van der Waals surface area contributed by atoms with Gasteiger partial charge in [-0.25, -0.2) is 4.79 Å². The van der Waals surface area contributed by atoms with Gasteiger partial charge in [-0.2, -0.15) is 0 Å². The molecule has 2 aromatic heterocycles. The first-order valence-corrected chi connectivity index (χ1v) is 9.34. The number of furan rings is 1. The highest BCUT2D eigenvalue weighted by Crippen LogP contribution is 2.19. The monoisotopic (exact) mass is 413 g/mol. The van der Waals surface area contributed by atoms with Gasteiger partial charge in [-0.3, -0.25) is 4.79 Å². The van der Waals surface area contributed by atoms with E-state index in [1.807, 2.05) is 13.8 Å². The van der Waals surface area contributed by atoms with Crippen molar-refractivity contribution < 1.29 is 32.7 Å². The van der Waals surface area contributed by atoms with E-state index in [1.54, 1.807) is 31.2 Å². The molecule has 0 atom stereocenters. The Morgan fingerprint density at radius 3 is 2.40 bits per heavy atom. The van der Waals surface area contributed by atoms with E-state index in [0.717, 1.165) is 22.6 Å². The number of methoxy groups -OCH3 is 1. The number of rotatable bonds is 8. The Morgan fingerprint density at radius 1 is 1.03 bits per heavy atom. The van der Waals surface area contributed by atoms with E-state index in [2.05, 4.69) is 9.89 Å². The van der Waals surface area contributed by atoms with Crippen molar-refractivity contribution in [1.82, 2.24) is 5.16 Å². The molecule has 0 unspecified atom stereocenters. The Balaban J connectivity index is 1.49. The first-order chi connectivity index (χ1) is 14.4. The lowest BCUT2D eigenvalue weighted by atomic mass is 10.1. The molecule has 0 amide bonds. The molecule has 0 saturated heterocycles. The Kier molecular flexibility index (Phi) is 6.56. The Morgan fingerprint density at radius 2 is 1.77 bits per heavy atom. The normalized spacial score (nSPS) is 10.7. The number of hydrogen-bond donors (Lipinski definition) is 0. The third-order valence-electron chi connectivity index (χ3n) is 4.59. The molecule has 8 nitrogen and oxygen atoms in total. The van der Waals surface area contributed by atoms with Crippen LogP contribution in [0.15, 0.2) is 39.3 Å². The molecule has 158 valence electrons. The number of ether oxygens (including phenoxy) is 3. The Bertz CT molecular complexity index is 1010. The van der Waals surface area contributed by atoms with Crippen molar-refractivity contribution in [1.29, 1.82) is 0 Å². The Labute approximate surface area is 173 Å². The van der Waals surface area contributed by atoms with Gasteiger partial charge in [0.15, 0.2) is 0 Å². The quantitative estimate of drug-likeness (QED) is 0.513. The molecule has 1 aromatic carbocycles. The number of aromatic nitrogens is 1. The van der Waals surface area contributed by atoms with Crippen LogP contribution in [0.4, 0.5) is 0 Å². The third-order valence-corrected chi connectivity index (χ3v) is 4.59. The van der Waals surface area contributed by atoms with Gasteiger partial charge < -0.3 is 23.2 Å². The van der Waals surface area contributed by atoms with Gasteiger partial charge in [-0.1, -0.05) is 17.3 Å². The fraction of sp³-hybridized carbons (Fsp3) is 0.318. The fourth-order valence-electron chi connectivity index (χ4n) is 2.86. The molecule has 0 N–H and O–H groups in total. The Hall–Kier alpha value is -3.55. The average molecular weight is 413 g/mol. The SMILES string of the molecule is COC(=O)c1cc(COC(=O)Cc2ccc(OCc3c(C)noc3C)cc2)oc1C. The predicted octanol–water partition coefficient (Wildman–Crippen LogP) is 3.84. The van der Waals surface area contributed by atoms with Crippen LogP contribution in [0, 0.1) is 20.8 Å². The molecular weight excluding hydrogens is 390 g/mol. The molecular formula is C22H23NO7. The molecule has 3 rings (SSSR count). The maximum absolute atomic E-state index is 12.1. The zero-order chi connectivity index (χ0) is 21.7. The second-order valence-corrected chi connectivity index (χ2v) is 6.75. The van der Waals surface area contributed by atoms with Crippen LogP contribution in [-0.2, 0) is 33.9 Å². The molecule has 0 aliphatic rings. The van der Waals surface area contributed by atoms with Crippen LogP contribution < -0.4 is 4.74 Å². The maximum Gasteiger partial charge on any atom is 0.341 e. The average Bonchev–Trinajstić information content (AvgIpc) is 3.27. The summed E-state index contributed by atoms with van der Waals surface area (Å²) in [6, 6.07) is 8.70. The van der Waals surface area contributed by atoms with Crippen LogP contribution in [0.5, 0.6) is 5.75 Å². The maximum atomic E-state index is 12.1. The minimum atomic E-state index is -0.495. The van der Waals surface area contributed by atoms with Crippen LogP contribution in [0.3, 0.4) is 0 Å². The highest BCUT2D eigenvalue weighted by molar-refractivity contribution is 5.90. The molecule has 0 aliphatic carbocycles. The van der Waals surface area contributed by atoms with E-state index in [-0.39, 0.29) is 13.0 Å². The van der Waals surface area contributed by atoms with Gasteiger partial charge in [0, 0.05) is 0 Å². The van der Waals surface area contributed by atoms with Gasteiger partial charge in [-0.15, -0.1) is 0 Å². The summed E-state index contributed by atoms with van der Waals surface area (Å²) >= 11 is 0. The minimum Gasteiger partial charge on any atom is -0.489 e. The zero-order valence-electron chi connectivity index (χ0n) is 17.3. The summed E-state index contributed by atoms with van der Waals surface area (Å²) in [6.45, 7) is 5.65. The summed E-state index contributed by atoms with van der Waals surface area (Å²) in [4.78, 5) is 23.7. The molecule has 0 aliphatic heterocycles. The van der Waals surface area contributed by atoms with Crippen molar-refractivity contribution in [2.45, 2.75) is 40.4 Å². The number of carbonyl (C=O) groups is 2. The molecule has 0 spiro atoms. The summed E-state index contributed by atoms with van der Waals surface area (Å²) in [7, 11) is 1.29. The van der Waals surface area contributed by atoms with Crippen molar-refractivity contribution in [3.8, 4) is 5.75 Å². The van der Waals surface area contributed by atoms with Crippen molar-refractivity contribution in [3.63, 3.8) is 0 Å². The molecule has 30 heavy (non-hydrogen) atoms. The van der Waals surface area contributed by atoms with Crippen molar-refractivity contribution >= 4 is 11.9 Å². The summed E-state index contributed by atoms with van der Waals surface area (Å²) in [5.41, 5.74) is 2.83. The van der Waals surface area contributed by atoms with Crippen LogP contribution in [0.1, 0.15) is 44.5 Å². The predicted molar refractivity (Wildman–Crippen MR) is 105 cm³/mol. The number of nitrogens with zero attached hydrogens (tertiary/aromatic N) is 1. The molecule has 2 heterocycles. The number of carbonyl (C=O) groups excluding carboxylic acids is 2. The van der Waals surface area contributed by atoms with Crippen molar-refractivity contribution in [2.75, 3.05) is 7.11 Å². The summed E-state index contributed by atoms with van der Waals surface area (Å²) in [5.74, 6) is 1.30. The lowest BCUT2D eigenvalue weighted by molar-refractivity contribution is -0.144. The molecule has 0 bridgehead atoms. The molecule has 0 saturated carbocycles. The molecule has 0 radical (unpaired) electrons. The topological polar surface area (TPSA) is 101 Å². The lowest BCUT2D eigenvalue weighted by Gasteiger charge is -2.07. The highest BCUT2D eigenvalue weighted by atomic mass is 16.5. The summed E-state index contributed by atoms with van der Waals surface area (Å²) in [6.07, 6.45) is 0.105. The number of benzene rings is 1.